The van der Waals surface area contributed by atoms with Crippen LogP contribution in [0, 0.1) is 11.3 Å². The number of hydrogen-bond donors (Lipinski definition) is 1. The first-order chi connectivity index (χ1) is 10.7. The van der Waals surface area contributed by atoms with E-state index in [2.05, 4.69) is 4.74 Å². The van der Waals surface area contributed by atoms with Crippen molar-refractivity contribution in [2.24, 2.45) is 0 Å². The first-order valence-electron chi connectivity index (χ1n) is 7.26. The average molecular weight is 351 g/mol. The van der Waals surface area contributed by atoms with Crippen molar-refractivity contribution in [3.63, 3.8) is 0 Å². The van der Waals surface area contributed by atoms with Gasteiger partial charge in [-0.15, -0.1) is 0 Å². The molecule has 0 aromatic carbocycles. The van der Waals surface area contributed by atoms with Crippen LogP contribution >= 0.6 is 0 Å². The van der Waals surface area contributed by atoms with E-state index < -0.39 is 22.9 Å². The van der Waals surface area contributed by atoms with E-state index in [9.17, 15) is 13.8 Å². The number of esters is 2. The Morgan fingerprint density at radius 1 is 1.52 bits per heavy atom. The van der Waals surface area contributed by atoms with Gasteiger partial charge >= 0.3 is 11.9 Å². The maximum Gasteiger partial charge on any atom is 0.334 e. The van der Waals surface area contributed by atoms with Crippen LogP contribution in [0.15, 0.2) is 0 Å². The fraction of sp³-hybridized carbons (Fsp3) is 0.800. The number of nitrogens with zero attached hydrogens (tertiary/aromatic N) is 1. The Kier molecular flexibility index (Phi) is 21.4. The van der Waals surface area contributed by atoms with Gasteiger partial charge < -0.3 is 14.6 Å². The summed E-state index contributed by atoms with van der Waals surface area (Å²) >= 11 is 0. The van der Waals surface area contributed by atoms with Crippen molar-refractivity contribution in [2.75, 3.05) is 19.1 Å². The number of cyclic esters (lactones) is 1. The predicted molar refractivity (Wildman–Crippen MR) is 89.0 cm³/mol. The summed E-state index contributed by atoms with van der Waals surface area (Å²) in [5, 5.41) is 15.8. The molecule has 1 N–H and O–H groups in total. The smallest absolute Gasteiger partial charge is 0.334 e. The molecule has 0 aromatic heterocycles. The normalized spacial score (nSPS) is 16.1. The topological polar surface area (TPSA) is 114 Å². The third kappa shape index (κ3) is 25.8. The van der Waals surface area contributed by atoms with Gasteiger partial charge in [-0.1, -0.05) is 6.92 Å². The highest BCUT2D eigenvalue weighted by Gasteiger charge is 2.20. The number of rotatable bonds is 3. The molecular formula is C15H29NO6S. The third-order valence-corrected chi connectivity index (χ3v) is 2.05. The summed E-state index contributed by atoms with van der Waals surface area (Å²) in [6, 6.07) is 1.75. The van der Waals surface area contributed by atoms with Crippen molar-refractivity contribution >= 4 is 22.7 Å². The van der Waals surface area contributed by atoms with Crippen molar-refractivity contribution in [2.45, 2.75) is 59.2 Å². The summed E-state index contributed by atoms with van der Waals surface area (Å²) in [5.74, 6) is -0.593. The van der Waals surface area contributed by atoms with Crippen LogP contribution in [-0.4, -0.2) is 52.6 Å². The molecule has 2 unspecified atom stereocenters. The minimum absolute atomic E-state index is 0.0307. The van der Waals surface area contributed by atoms with Gasteiger partial charge in [-0.05, 0) is 26.7 Å². The molecule has 1 aliphatic heterocycles. The molecule has 1 heterocycles. The van der Waals surface area contributed by atoms with Crippen LogP contribution in [0.1, 0.15) is 47.0 Å². The number of hydrogen-bond acceptors (Lipinski definition) is 7. The van der Waals surface area contributed by atoms with Crippen LogP contribution in [0.25, 0.3) is 0 Å². The molecule has 23 heavy (non-hydrogen) atoms. The zero-order valence-electron chi connectivity index (χ0n) is 14.8. The Morgan fingerprint density at radius 3 is 2.09 bits per heavy atom. The Labute approximate surface area is 141 Å². The van der Waals surface area contributed by atoms with E-state index in [0.29, 0.717) is 13.0 Å². The highest BCUT2D eigenvalue weighted by Crippen LogP contribution is 2.15. The Morgan fingerprint density at radius 2 is 1.96 bits per heavy atom. The lowest BCUT2D eigenvalue weighted by atomic mass is 10.2. The SMILES string of the molecule is CC#N.CCC1CCC(=O)O1.CCOC(=O)C(C)O.CS(C)=O. The summed E-state index contributed by atoms with van der Waals surface area (Å²) in [4.78, 5) is 20.7. The number of carbonyl (C=O) groups is 2. The van der Waals surface area contributed by atoms with Gasteiger partial charge in [0.15, 0.2) is 0 Å². The first kappa shape index (κ1) is 26.4. The van der Waals surface area contributed by atoms with E-state index in [4.69, 9.17) is 15.1 Å². The maximum absolute atomic E-state index is 10.4. The van der Waals surface area contributed by atoms with Gasteiger partial charge in [0.2, 0.25) is 0 Å². The van der Waals surface area contributed by atoms with Gasteiger partial charge in [0.1, 0.15) is 12.2 Å². The molecule has 0 amide bonds. The van der Waals surface area contributed by atoms with Gasteiger partial charge in [0.05, 0.1) is 12.7 Å². The van der Waals surface area contributed by atoms with E-state index >= 15 is 0 Å². The molecule has 136 valence electrons. The number of aliphatic hydroxyl groups excluding tert-OH is 1. The lowest BCUT2D eigenvalue weighted by Crippen LogP contribution is -2.18. The average Bonchev–Trinajstić information content (AvgIpc) is 2.86. The number of ether oxygens (including phenoxy) is 2. The molecular weight excluding hydrogens is 322 g/mol. The molecule has 2 atom stereocenters. The highest BCUT2D eigenvalue weighted by atomic mass is 32.2. The van der Waals surface area contributed by atoms with E-state index in [1.165, 1.54) is 13.8 Å². The zero-order chi connectivity index (χ0) is 18.8. The molecule has 8 heteroatoms. The minimum Gasteiger partial charge on any atom is -0.464 e. The summed E-state index contributed by atoms with van der Waals surface area (Å²) in [6.07, 6.45) is 5.03. The largest absolute Gasteiger partial charge is 0.464 e. The van der Waals surface area contributed by atoms with Gasteiger partial charge in [-0.3, -0.25) is 9.00 Å². The number of carbonyl (C=O) groups excluding carboxylic acids is 2. The monoisotopic (exact) mass is 351 g/mol. The van der Waals surface area contributed by atoms with E-state index in [-0.39, 0.29) is 12.1 Å². The highest BCUT2D eigenvalue weighted by molar-refractivity contribution is 7.83. The second-order valence-corrected chi connectivity index (χ2v) is 5.94. The lowest BCUT2D eigenvalue weighted by molar-refractivity contribution is -0.151. The molecule has 1 fully saturated rings. The van der Waals surface area contributed by atoms with Crippen LogP contribution in [0.3, 0.4) is 0 Å². The first-order valence-corrected chi connectivity index (χ1v) is 9.22. The van der Waals surface area contributed by atoms with Gasteiger partial charge in [-0.25, -0.2) is 4.79 Å². The lowest BCUT2D eigenvalue weighted by Gasteiger charge is -2.01. The van der Waals surface area contributed by atoms with E-state index in [1.807, 2.05) is 6.92 Å². The Hall–Kier alpha value is -1.46. The van der Waals surface area contributed by atoms with Crippen molar-refractivity contribution in [3.8, 4) is 6.07 Å². The Balaban J connectivity index is -0.000000252. The molecule has 0 spiro atoms. The van der Waals surface area contributed by atoms with Crippen LogP contribution < -0.4 is 0 Å². The van der Waals surface area contributed by atoms with Gasteiger partial charge in [0.25, 0.3) is 0 Å². The third-order valence-electron chi connectivity index (χ3n) is 2.05. The predicted octanol–water partition coefficient (Wildman–Crippen LogP) is 1.56. The molecule has 0 saturated carbocycles. The molecule has 0 radical (unpaired) electrons. The van der Waals surface area contributed by atoms with Gasteiger partial charge in [0, 0.05) is 36.7 Å². The quantitative estimate of drug-likeness (QED) is 0.767. The molecule has 7 nitrogen and oxygen atoms in total. The molecule has 1 saturated heterocycles. The fourth-order valence-electron chi connectivity index (χ4n) is 1.13. The van der Waals surface area contributed by atoms with Crippen LogP contribution in [-0.2, 0) is 29.9 Å². The van der Waals surface area contributed by atoms with Crippen LogP contribution in [0.2, 0.25) is 0 Å². The summed E-state index contributed by atoms with van der Waals surface area (Å²) in [6.45, 7) is 6.85. The number of nitriles is 1. The second-order valence-electron chi connectivity index (χ2n) is 4.45. The molecule has 1 rings (SSSR count). The Bertz CT molecular complexity index is 375. The minimum atomic E-state index is -0.991. The molecule has 0 bridgehead atoms. The van der Waals surface area contributed by atoms with Crippen LogP contribution in [0.5, 0.6) is 0 Å². The van der Waals surface area contributed by atoms with Crippen molar-refractivity contribution in [1.82, 2.24) is 0 Å². The summed E-state index contributed by atoms with van der Waals surface area (Å²) in [5.41, 5.74) is 0. The van der Waals surface area contributed by atoms with Crippen LogP contribution in [0.4, 0.5) is 0 Å². The van der Waals surface area contributed by atoms with Crippen molar-refractivity contribution < 1.29 is 28.4 Å². The summed E-state index contributed by atoms with van der Waals surface area (Å²) < 4.78 is 18.8. The standard InChI is InChI=1S/C6H10O2.C5H10O3.C2H3N.C2H6OS/c1-2-5-3-4-6(7)8-5;1-3-8-5(7)4(2)6;1-2-3;1-4(2)3/h5H,2-4H2,1H3;4,6H,3H2,1-2H3;1H3;1-2H3. The number of aliphatic hydroxyl groups is 1. The van der Waals surface area contributed by atoms with E-state index in [0.717, 1.165) is 12.8 Å². The molecule has 1 aliphatic rings. The summed E-state index contributed by atoms with van der Waals surface area (Å²) in [7, 11) is -0.611. The molecule has 0 aromatic rings. The van der Waals surface area contributed by atoms with Crippen molar-refractivity contribution in [1.29, 1.82) is 5.26 Å². The van der Waals surface area contributed by atoms with Crippen molar-refractivity contribution in [3.05, 3.63) is 0 Å². The van der Waals surface area contributed by atoms with Gasteiger partial charge in [-0.2, -0.15) is 5.26 Å². The molecule has 0 aliphatic carbocycles. The second kappa shape index (κ2) is 18.6. The maximum atomic E-state index is 10.4. The fourth-order valence-corrected chi connectivity index (χ4v) is 1.13. The zero-order valence-corrected chi connectivity index (χ0v) is 15.6. The van der Waals surface area contributed by atoms with E-state index in [1.54, 1.807) is 25.5 Å².